The zero-order chi connectivity index (χ0) is 11.2. The summed E-state index contributed by atoms with van der Waals surface area (Å²) in [5.74, 6) is -0.387. The Kier molecular flexibility index (Phi) is 1.95. The molecule has 1 fully saturated rings. The lowest BCUT2D eigenvalue weighted by Crippen LogP contribution is -2.42. The number of oxime groups is 1. The zero-order valence-corrected chi connectivity index (χ0v) is 8.81. The molecule has 2 aliphatic rings. The highest BCUT2D eigenvalue weighted by Crippen LogP contribution is 2.28. The Morgan fingerprint density at radius 3 is 2.53 bits per heavy atom. The number of ether oxygens (including phenoxy) is 1. The zero-order valence-electron chi connectivity index (χ0n) is 8.81. The van der Waals surface area contributed by atoms with Gasteiger partial charge in [0.15, 0.2) is 5.60 Å². The quantitative estimate of drug-likeness (QED) is 0.646. The number of carbonyl (C=O) groups is 2. The molecule has 0 bridgehead atoms. The molecule has 6 nitrogen and oxygen atoms in total. The summed E-state index contributed by atoms with van der Waals surface area (Å²) in [7, 11) is 0. The van der Waals surface area contributed by atoms with Crippen LogP contribution in [-0.2, 0) is 14.4 Å². The van der Waals surface area contributed by atoms with Gasteiger partial charge in [0.05, 0.1) is 5.71 Å². The second-order valence-electron chi connectivity index (χ2n) is 4.14. The van der Waals surface area contributed by atoms with Crippen molar-refractivity contribution in [3.05, 3.63) is 0 Å². The summed E-state index contributed by atoms with van der Waals surface area (Å²) >= 11 is 0. The number of amides is 2. The smallest absolute Gasteiger partial charge is 0.420 e. The van der Waals surface area contributed by atoms with E-state index < -0.39 is 17.9 Å². The van der Waals surface area contributed by atoms with Crippen LogP contribution in [0.5, 0.6) is 0 Å². The highest BCUT2D eigenvalue weighted by Gasteiger charge is 2.51. The monoisotopic (exact) mass is 212 g/mol. The first-order valence-corrected chi connectivity index (χ1v) is 4.68. The van der Waals surface area contributed by atoms with Crippen LogP contribution in [0.25, 0.3) is 0 Å². The molecule has 1 unspecified atom stereocenters. The van der Waals surface area contributed by atoms with Crippen molar-refractivity contribution in [3.8, 4) is 0 Å². The molecule has 2 heterocycles. The number of cyclic esters (lactones) is 1. The summed E-state index contributed by atoms with van der Waals surface area (Å²) in [6.07, 6.45) is -0.872. The number of imide groups is 1. The van der Waals surface area contributed by atoms with Gasteiger partial charge in [0.25, 0.3) is 5.91 Å². The summed E-state index contributed by atoms with van der Waals surface area (Å²) in [5.41, 5.74) is -0.345. The molecule has 0 saturated carbocycles. The summed E-state index contributed by atoms with van der Waals surface area (Å²) in [6.45, 7) is 4.88. The summed E-state index contributed by atoms with van der Waals surface area (Å²) in [4.78, 5) is 29.2. The van der Waals surface area contributed by atoms with E-state index >= 15 is 0 Å². The highest BCUT2D eigenvalue weighted by molar-refractivity contribution is 6.03. The van der Waals surface area contributed by atoms with Crippen molar-refractivity contribution in [2.45, 2.75) is 39.0 Å². The van der Waals surface area contributed by atoms with Gasteiger partial charge in [-0.25, -0.2) is 9.69 Å². The highest BCUT2D eigenvalue weighted by atomic mass is 16.7. The lowest BCUT2D eigenvalue weighted by atomic mass is 10.1. The van der Waals surface area contributed by atoms with Crippen molar-refractivity contribution < 1.29 is 19.2 Å². The van der Waals surface area contributed by atoms with Gasteiger partial charge >= 0.3 is 6.09 Å². The first-order chi connectivity index (χ1) is 6.92. The molecule has 0 N–H and O–H groups in total. The van der Waals surface area contributed by atoms with E-state index in [0.29, 0.717) is 6.42 Å². The van der Waals surface area contributed by atoms with Gasteiger partial charge in [-0.05, 0) is 20.8 Å². The maximum absolute atomic E-state index is 11.8. The first kappa shape index (κ1) is 9.95. The third kappa shape index (κ3) is 1.45. The minimum Gasteiger partial charge on any atom is -0.433 e. The van der Waals surface area contributed by atoms with Gasteiger partial charge in [-0.3, -0.25) is 4.79 Å². The Bertz CT molecular complexity index is 361. The van der Waals surface area contributed by atoms with E-state index in [1.54, 1.807) is 20.8 Å². The average molecular weight is 212 g/mol. The van der Waals surface area contributed by atoms with Crippen molar-refractivity contribution in [1.82, 2.24) is 4.90 Å². The largest absolute Gasteiger partial charge is 0.433 e. The molecule has 0 radical (unpaired) electrons. The van der Waals surface area contributed by atoms with Crippen molar-refractivity contribution in [2.75, 3.05) is 0 Å². The minimum atomic E-state index is -1.10. The fourth-order valence-corrected chi connectivity index (χ4v) is 1.55. The molecule has 0 aromatic carbocycles. The Labute approximate surface area is 86.8 Å². The van der Waals surface area contributed by atoms with Crippen molar-refractivity contribution in [2.24, 2.45) is 5.16 Å². The van der Waals surface area contributed by atoms with Gasteiger partial charge in [0, 0.05) is 6.42 Å². The lowest BCUT2D eigenvalue weighted by Gasteiger charge is -2.17. The maximum Gasteiger partial charge on any atom is 0.420 e. The first-order valence-electron chi connectivity index (χ1n) is 4.68. The third-order valence-electron chi connectivity index (χ3n) is 2.36. The second-order valence-corrected chi connectivity index (χ2v) is 4.14. The van der Waals surface area contributed by atoms with E-state index in [1.807, 2.05) is 0 Å². The van der Waals surface area contributed by atoms with E-state index in [9.17, 15) is 9.59 Å². The van der Waals surface area contributed by atoms with Gasteiger partial charge in [0.2, 0.25) is 6.23 Å². The summed E-state index contributed by atoms with van der Waals surface area (Å²) in [6, 6.07) is 0. The van der Waals surface area contributed by atoms with Crippen LogP contribution in [0.3, 0.4) is 0 Å². The predicted molar refractivity (Wildman–Crippen MR) is 50.0 cm³/mol. The number of rotatable bonds is 1. The van der Waals surface area contributed by atoms with E-state index in [0.717, 1.165) is 10.6 Å². The second kappa shape index (κ2) is 2.95. The van der Waals surface area contributed by atoms with Crippen molar-refractivity contribution in [3.63, 3.8) is 0 Å². The van der Waals surface area contributed by atoms with Crippen molar-refractivity contribution >= 4 is 17.7 Å². The molecule has 2 rings (SSSR count). The van der Waals surface area contributed by atoms with E-state index in [4.69, 9.17) is 9.57 Å². The topological polar surface area (TPSA) is 68.2 Å². The van der Waals surface area contributed by atoms with Gasteiger partial charge in [-0.2, -0.15) is 0 Å². The van der Waals surface area contributed by atoms with Crippen LogP contribution in [0, 0.1) is 0 Å². The molecule has 0 aromatic heterocycles. The van der Waals surface area contributed by atoms with Crippen molar-refractivity contribution in [1.29, 1.82) is 0 Å². The third-order valence-corrected chi connectivity index (χ3v) is 2.36. The molecule has 1 saturated heterocycles. The molecule has 2 aliphatic heterocycles. The van der Waals surface area contributed by atoms with Crippen LogP contribution < -0.4 is 0 Å². The van der Waals surface area contributed by atoms with Crippen LogP contribution in [0.2, 0.25) is 0 Å². The predicted octanol–water partition coefficient (Wildman–Crippen LogP) is 0.866. The molecule has 6 heteroatoms. The molecule has 1 atom stereocenters. The van der Waals surface area contributed by atoms with Crippen LogP contribution >= 0.6 is 0 Å². The normalized spacial score (nSPS) is 28.9. The van der Waals surface area contributed by atoms with Crippen LogP contribution in [-0.4, -0.2) is 34.4 Å². The molecule has 82 valence electrons. The summed E-state index contributed by atoms with van der Waals surface area (Å²) in [5, 5.41) is 3.69. The number of nitrogens with zero attached hydrogens (tertiary/aromatic N) is 2. The number of carbonyl (C=O) groups excluding carboxylic acids is 2. The lowest BCUT2D eigenvalue weighted by molar-refractivity contribution is -0.141. The molecular weight excluding hydrogens is 200 g/mol. The van der Waals surface area contributed by atoms with Crippen LogP contribution in [0.15, 0.2) is 5.16 Å². The van der Waals surface area contributed by atoms with Gasteiger partial charge in [-0.15, -0.1) is 0 Å². The Balaban J connectivity index is 2.17. The van der Waals surface area contributed by atoms with Crippen LogP contribution in [0.4, 0.5) is 4.79 Å². The molecular formula is C9H12N2O4. The number of hydrogen-bond donors (Lipinski definition) is 0. The molecule has 15 heavy (non-hydrogen) atoms. The van der Waals surface area contributed by atoms with Crippen LogP contribution in [0.1, 0.15) is 27.2 Å². The van der Waals surface area contributed by atoms with Gasteiger partial charge in [-0.1, -0.05) is 5.16 Å². The van der Waals surface area contributed by atoms with Gasteiger partial charge in [0.1, 0.15) is 0 Å². The molecule has 0 aromatic rings. The molecule has 0 spiro atoms. The average Bonchev–Trinajstić information content (AvgIpc) is 2.57. The van der Waals surface area contributed by atoms with E-state index in [2.05, 4.69) is 5.16 Å². The summed E-state index contributed by atoms with van der Waals surface area (Å²) < 4.78 is 4.93. The minimum absolute atomic E-state index is 0.387. The molecule has 0 aliphatic carbocycles. The van der Waals surface area contributed by atoms with E-state index in [-0.39, 0.29) is 5.91 Å². The van der Waals surface area contributed by atoms with Gasteiger partial charge < -0.3 is 9.57 Å². The number of hydrogen-bond acceptors (Lipinski definition) is 5. The Morgan fingerprint density at radius 2 is 2.13 bits per heavy atom. The van der Waals surface area contributed by atoms with E-state index in [1.165, 1.54) is 0 Å². The SMILES string of the molecule is CC1=NOC(N2C(=O)OC(C)(C)C2=O)C1. The molecule has 2 amide bonds. The maximum atomic E-state index is 11.8. The Morgan fingerprint density at radius 1 is 1.47 bits per heavy atom. The fraction of sp³-hybridized carbons (Fsp3) is 0.667. The Hall–Kier alpha value is -1.59. The fourth-order valence-electron chi connectivity index (χ4n) is 1.55. The standard InChI is InChI=1S/C9H12N2O4/c1-5-4-6(15-10-5)11-7(12)9(2,3)14-8(11)13/h6H,4H2,1-3H3.